The Hall–Kier alpha value is -3.42. The Morgan fingerprint density at radius 2 is 1.84 bits per heavy atom. The third kappa shape index (κ3) is 5.43. The monoisotopic (exact) mass is 432 g/mol. The van der Waals surface area contributed by atoms with Crippen LogP contribution >= 0.6 is 0 Å². The van der Waals surface area contributed by atoms with E-state index in [2.05, 4.69) is 20.5 Å². The first-order valence-electron chi connectivity index (χ1n) is 10.7. The molecule has 2 atom stereocenters. The number of likely N-dealkylation sites (tertiary alicyclic amines) is 1. The third-order valence-corrected chi connectivity index (χ3v) is 5.67. The Labute approximate surface area is 188 Å². The Morgan fingerprint density at radius 3 is 2.53 bits per heavy atom. The van der Waals surface area contributed by atoms with Crippen LogP contribution in [0.3, 0.4) is 0 Å². The summed E-state index contributed by atoms with van der Waals surface area (Å²) < 4.78 is 5.14. The van der Waals surface area contributed by atoms with Crippen LogP contribution in [0.2, 0.25) is 0 Å². The van der Waals surface area contributed by atoms with Crippen LogP contribution in [0.1, 0.15) is 29.3 Å². The van der Waals surface area contributed by atoms with Crippen molar-refractivity contribution < 1.29 is 14.6 Å². The molecule has 0 radical (unpaired) electrons. The van der Waals surface area contributed by atoms with Gasteiger partial charge in [-0.3, -0.25) is 9.88 Å². The molecule has 7 heteroatoms. The van der Waals surface area contributed by atoms with Gasteiger partial charge in [0.25, 0.3) is 0 Å². The Balaban J connectivity index is 1.30. The van der Waals surface area contributed by atoms with Gasteiger partial charge in [0, 0.05) is 31.5 Å². The van der Waals surface area contributed by atoms with Crippen molar-refractivity contribution in [2.75, 3.05) is 19.0 Å². The van der Waals surface area contributed by atoms with Crippen LogP contribution in [-0.2, 0) is 13.1 Å². The van der Waals surface area contributed by atoms with Crippen molar-refractivity contribution in [3.8, 4) is 5.75 Å². The lowest BCUT2D eigenvalue weighted by Crippen LogP contribution is -2.28. The number of benzene rings is 2. The number of hydrogen-bond acceptors (Lipinski definition) is 5. The van der Waals surface area contributed by atoms with Crippen molar-refractivity contribution in [1.29, 1.82) is 0 Å². The first-order valence-corrected chi connectivity index (χ1v) is 10.7. The van der Waals surface area contributed by atoms with Gasteiger partial charge in [-0.1, -0.05) is 30.3 Å². The highest BCUT2D eigenvalue weighted by atomic mass is 16.5. The molecular formula is C25H28N4O3. The van der Waals surface area contributed by atoms with E-state index >= 15 is 0 Å². The molecule has 2 unspecified atom stereocenters. The fourth-order valence-corrected chi connectivity index (χ4v) is 3.98. The molecule has 3 N–H and O–H groups in total. The van der Waals surface area contributed by atoms with Crippen molar-refractivity contribution in [2.24, 2.45) is 0 Å². The number of nitrogens with zero attached hydrogens (tertiary/aromatic N) is 2. The molecule has 0 spiro atoms. The molecule has 32 heavy (non-hydrogen) atoms. The summed E-state index contributed by atoms with van der Waals surface area (Å²) in [5.74, 6) is 0.785. The predicted molar refractivity (Wildman–Crippen MR) is 123 cm³/mol. The SMILES string of the molecule is COc1ccc(CNC(=O)Nc2ccc(CN3CCC(O)C3c3ccccn3)cc2)cc1. The van der Waals surface area contributed by atoms with Crippen LogP contribution < -0.4 is 15.4 Å². The second-order valence-electron chi connectivity index (χ2n) is 7.88. The van der Waals surface area contributed by atoms with Gasteiger partial charge >= 0.3 is 6.03 Å². The number of carbonyl (C=O) groups excluding carboxylic acids is 1. The van der Waals surface area contributed by atoms with Gasteiger partial charge in [0.15, 0.2) is 0 Å². The van der Waals surface area contributed by atoms with Gasteiger partial charge in [-0.25, -0.2) is 4.79 Å². The summed E-state index contributed by atoms with van der Waals surface area (Å²) in [4.78, 5) is 18.9. The number of methoxy groups -OCH3 is 1. The topological polar surface area (TPSA) is 86.7 Å². The molecule has 2 amide bonds. The molecule has 0 aliphatic carbocycles. The molecule has 1 saturated heterocycles. The maximum Gasteiger partial charge on any atom is 0.319 e. The van der Waals surface area contributed by atoms with Crippen molar-refractivity contribution in [2.45, 2.75) is 31.7 Å². The number of aliphatic hydroxyl groups excluding tert-OH is 1. The van der Waals surface area contributed by atoms with E-state index in [1.165, 1.54) is 0 Å². The summed E-state index contributed by atoms with van der Waals surface area (Å²) in [6.07, 6.45) is 2.08. The maximum absolute atomic E-state index is 12.2. The van der Waals surface area contributed by atoms with Crippen LogP contribution in [0, 0.1) is 0 Å². The quantitative estimate of drug-likeness (QED) is 0.530. The van der Waals surface area contributed by atoms with E-state index in [4.69, 9.17) is 4.74 Å². The van der Waals surface area contributed by atoms with Crippen molar-refractivity contribution in [3.05, 3.63) is 89.7 Å². The zero-order chi connectivity index (χ0) is 22.3. The number of carbonyl (C=O) groups is 1. The fourth-order valence-electron chi connectivity index (χ4n) is 3.98. The summed E-state index contributed by atoms with van der Waals surface area (Å²) in [6, 6.07) is 20.8. The van der Waals surface area contributed by atoms with E-state index < -0.39 is 6.10 Å². The number of aliphatic hydroxyl groups is 1. The normalized spacial score (nSPS) is 18.3. The lowest BCUT2D eigenvalue weighted by Gasteiger charge is -2.25. The second kappa shape index (κ2) is 10.3. The third-order valence-electron chi connectivity index (χ3n) is 5.67. The highest BCUT2D eigenvalue weighted by molar-refractivity contribution is 5.89. The van der Waals surface area contributed by atoms with Gasteiger partial charge in [0.2, 0.25) is 0 Å². The number of nitrogens with one attached hydrogen (secondary N) is 2. The predicted octanol–water partition coefficient (Wildman–Crippen LogP) is 3.72. The number of amides is 2. The molecule has 3 aromatic rings. The van der Waals surface area contributed by atoms with Gasteiger partial charge < -0.3 is 20.5 Å². The molecule has 1 aliphatic heterocycles. The molecule has 2 aromatic carbocycles. The molecule has 166 valence electrons. The van der Waals surface area contributed by atoms with Gasteiger partial charge in [0.05, 0.1) is 24.9 Å². The smallest absolute Gasteiger partial charge is 0.319 e. The summed E-state index contributed by atoms with van der Waals surface area (Å²) in [5.41, 5.74) is 3.73. The number of aromatic nitrogens is 1. The molecular weight excluding hydrogens is 404 g/mol. The lowest BCUT2D eigenvalue weighted by molar-refractivity contribution is 0.110. The number of hydrogen-bond donors (Lipinski definition) is 3. The number of urea groups is 1. The zero-order valence-electron chi connectivity index (χ0n) is 18.1. The summed E-state index contributed by atoms with van der Waals surface area (Å²) in [7, 11) is 1.62. The largest absolute Gasteiger partial charge is 0.497 e. The van der Waals surface area contributed by atoms with Crippen LogP contribution in [0.25, 0.3) is 0 Å². The Bertz CT molecular complexity index is 1010. The summed E-state index contributed by atoms with van der Waals surface area (Å²) in [5, 5.41) is 16.2. The molecule has 7 nitrogen and oxygen atoms in total. The average Bonchev–Trinajstić information content (AvgIpc) is 3.19. The van der Waals surface area contributed by atoms with E-state index in [0.717, 1.165) is 41.2 Å². The van der Waals surface area contributed by atoms with E-state index in [9.17, 15) is 9.90 Å². The van der Waals surface area contributed by atoms with Crippen LogP contribution in [-0.4, -0.2) is 40.8 Å². The fraction of sp³-hybridized carbons (Fsp3) is 0.280. The molecule has 1 aromatic heterocycles. The van der Waals surface area contributed by atoms with Crippen LogP contribution in [0.5, 0.6) is 5.75 Å². The number of ether oxygens (including phenoxy) is 1. The molecule has 0 saturated carbocycles. The Kier molecular flexibility index (Phi) is 6.99. The minimum Gasteiger partial charge on any atom is -0.497 e. The van der Waals surface area contributed by atoms with Gasteiger partial charge in [-0.05, 0) is 53.9 Å². The van der Waals surface area contributed by atoms with E-state index in [-0.39, 0.29) is 12.1 Å². The lowest BCUT2D eigenvalue weighted by atomic mass is 10.1. The molecule has 1 fully saturated rings. The first kappa shape index (κ1) is 21.8. The van der Waals surface area contributed by atoms with Gasteiger partial charge in [-0.2, -0.15) is 0 Å². The van der Waals surface area contributed by atoms with Gasteiger partial charge in [-0.15, -0.1) is 0 Å². The van der Waals surface area contributed by atoms with E-state index in [0.29, 0.717) is 13.1 Å². The number of rotatable bonds is 7. The minimum atomic E-state index is -0.416. The number of pyridine rings is 1. The average molecular weight is 433 g/mol. The van der Waals surface area contributed by atoms with E-state index in [1.54, 1.807) is 13.3 Å². The van der Waals surface area contributed by atoms with Gasteiger partial charge in [0.1, 0.15) is 5.75 Å². The van der Waals surface area contributed by atoms with Crippen molar-refractivity contribution in [3.63, 3.8) is 0 Å². The first-order chi connectivity index (χ1) is 15.6. The Morgan fingerprint density at radius 1 is 1.09 bits per heavy atom. The van der Waals surface area contributed by atoms with Crippen molar-refractivity contribution in [1.82, 2.24) is 15.2 Å². The van der Waals surface area contributed by atoms with Crippen LogP contribution in [0.4, 0.5) is 10.5 Å². The van der Waals surface area contributed by atoms with Crippen LogP contribution in [0.15, 0.2) is 72.9 Å². The zero-order valence-corrected chi connectivity index (χ0v) is 18.1. The molecule has 0 bridgehead atoms. The number of anilines is 1. The molecule has 2 heterocycles. The second-order valence-corrected chi connectivity index (χ2v) is 7.88. The molecule has 1 aliphatic rings. The van der Waals surface area contributed by atoms with E-state index in [1.807, 2.05) is 66.7 Å². The standard InChI is InChI=1S/C25H28N4O3/c1-32-21-11-7-18(8-12-21)16-27-25(31)28-20-9-5-19(6-10-20)17-29-15-13-23(30)24(29)22-4-2-3-14-26-22/h2-12,14,23-24,30H,13,15-17H2,1H3,(H2,27,28,31). The van der Waals surface area contributed by atoms with Crippen molar-refractivity contribution >= 4 is 11.7 Å². The minimum absolute atomic E-state index is 0.0993. The highest BCUT2D eigenvalue weighted by Gasteiger charge is 2.34. The summed E-state index contributed by atoms with van der Waals surface area (Å²) in [6.45, 7) is 1.96. The highest BCUT2D eigenvalue weighted by Crippen LogP contribution is 2.32. The maximum atomic E-state index is 12.2. The molecule has 4 rings (SSSR count). The summed E-state index contributed by atoms with van der Waals surface area (Å²) >= 11 is 0.